The molecule has 0 bridgehead atoms. The highest BCUT2D eigenvalue weighted by atomic mass is 32.1. The number of nitrogens with one attached hydrogen (secondary N) is 2. The summed E-state index contributed by atoms with van der Waals surface area (Å²) in [5.41, 5.74) is 1.16. The zero-order chi connectivity index (χ0) is 18.2. The smallest absolute Gasteiger partial charge is 0.313 e. The lowest BCUT2D eigenvalue weighted by Gasteiger charge is -2.12. The predicted octanol–water partition coefficient (Wildman–Crippen LogP) is 1.94. The Labute approximate surface area is 149 Å². The van der Waals surface area contributed by atoms with Crippen molar-refractivity contribution in [2.75, 3.05) is 26.1 Å². The van der Waals surface area contributed by atoms with Crippen LogP contribution >= 0.6 is 11.3 Å². The van der Waals surface area contributed by atoms with Gasteiger partial charge >= 0.3 is 11.8 Å². The fourth-order valence-corrected chi connectivity index (χ4v) is 2.82. The summed E-state index contributed by atoms with van der Waals surface area (Å²) in [6.07, 6.45) is -0.349. The van der Waals surface area contributed by atoms with Crippen LogP contribution in [0.25, 0.3) is 0 Å². The van der Waals surface area contributed by atoms with Gasteiger partial charge in [-0.3, -0.25) is 9.59 Å². The monoisotopic (exact) mass is 364 g/mol. The van der Waals surface area contributed by atoms with E-state index in [0.29, 0.717) is 23.6 Å². The Morgan fingerprint density at radius 1 is 1.20 bits per heavy atom. The molecule has 8 heteroatoms. The minimum absolute atomic E-state index is 0.184. The standard InChI is InChI=1S/C17H20N2O5S/c1-23-12-3-4-13(15(9-12)24-2)19-17(22)16(21)18-7-5-14(20)11-6-8-25-10-11/h3-4,6,8-10,14,20H,5,7H2,1-2H3,(H,18,21)(H,19,22). The summed E-state index contributed by atoms with van der Waals surface area (Å²) in [5.74, 6) is -0.640. The van der Waals surface area contributed by atoms with Crippen LogP contribution < -0.4 is 20.1 Å². The third-order valence-corrected chi connectivity index (χ3v) is 4.20. The van der Waals surface area contributed by atoms with Gasteiger partial charge in [0.05, 0.1) is 26.0 Å². The molecule has 0 radical (unpaired) electrons. The van der Waals surface area contributed by atoms with Crippen molar-refractivity contribution in [1.29, 1.82) is 0 Å². The van der Waals surface area contributed by atoms with E-state index < -0.39 is 17.9 Å². The molecule has 0 saturated heterocycles. The second-order valence-corrected chi connectivity index (χ2v) is 5.92. The molecule has 0 fully saturated rings. The number of hydrogen-bond donors (Lipinski definition) is 3. The predicted molar refractivity (Wildman–Crippen MR) is 95.1 cm³/mol. The number of ether oxygens (including phenoxy) is 2. The van der Waals surface area contributed by atoms with E-state index in [4.69, 9.17) is 9.47 Å². The molecule has 7 nitrogen and oxygen atoms in total. The van der Waals surface area contributed by atoms with Crippen molar-refractivity contribution in [1.82, 2.24) is 5.32 Å². The molecule has 1 heterocycles. The highest BCUT2D eigenvalue weighted by Crippen LogP contribution is 2.28. The first-order chi connectivity index (χ1) is 12.0. The summed E-state index contributed by atoms with van der Waals surface area (Å²) in [6, 6.07) is 6.65. The third kappa shape index (κ3) is 5.20. The summed E-state index contributed by atoms with van der Waals surface area (Å²) < 4.78 is 10.2. The van der Waals surface area contributed by atoms with Crippen LogP contribution in [0.1, 0.15) is 18.1 Å². The SMILES string of the molecule is COc1ccc(NC(=O)C(=O)NCCC(O)c2ccsc2)c(OC)c1. The van der Waals surface area contributed by atoms with Crippen LogP contribution in [0, 0.1) is 0 Å². The number of hydrogen-bond acceptors (Lipinski definition) is 6. The molecule has 0 aliphatic rings. The van der Waals surface area contributed by atoms with Gasteiger partial charge < -0.3 is 25.2 Å². The van der Waals surface area contributed by atoms with Crippen molar-refractivity contribution < 1.29 is 24.2 Å². The Balaban J connectivity index is 1.85. The summed E-state index contributed by atoms with van der Waals surface area (Å²) in [7, 11) is 2.97. The van der Waals surface area contributed by atoms with Crippen LogP contribution in [0.2, 0.25) is 0 Å². The van der Waals surface area contributed by atoms with Crippen molar-refractivity contribution in [2.24, 2.45) is 0 Å². The number of aliphatic hydroxyl groups excluding tert-OH is 1. The second-order valence-electron chi connectivity index (χ2n) is 5.14. The number of thiophene rings is 1. The number of carbonyl (C=O) groups is 2. The van der Waals surface area contributed by atoms with Gasteiger partial charge in [0.1, 0.15) is 11.5 Å². The van der Waals surface area contributed by atoms with Gasteiger partial charge in [0.2, 0.25) is 0 Å². The quantitative estimate of drug-likeness (QED) is 0.653. The summed E-state index contributed by atoms with van der Waals surface area (Å²) in [6.45, 7) is 0.184. The van der Waals surface area contributed by atoms with E-state index in [1.807, 2.05) is 16.8 Å². The average Bonchev–Trinajstić information content (AvgIpc) is 3.16. The largest absolute Gasteiger partial charge is 0.497 e. The maximum Gasteiger partial charge on any atom is 0.313 e. The summed E-state index contributed by atoms with van der Waals surface area (Å²) >= 11 is 1.49. The van der Waals surface area contributed by atoms with Crippen molar-refractivity contribution in [3.8, 4) is 11.5 Å². The number of amides is 2. The third-order valence-electron chi connectivity index (χ3n) is 3.49. The van der Waals surface area contributed by atoms with E-state index in [1.54, 1.807) is 18.2 Å². The molecule has 3 N–H and O–H groups in total. The molecular weight excluding hydrogens is 344 g/mol. The highest BCUT2D eigenvalue weighted by Gasteiger charge is 2.17. The lowest BCUT2D eigenvalue weighted by molar-refractivity contribution is -0.136. The maximum atomic E-state index is 12.0. The van der Waals surface area contributed by atoms with Gasteiger partial charge in [-0.2, -0.15) is 11.3 Å². The minimum atomic E-state index is -0.812. The normalized spacial score (nSPS) is 11.5. The molecule has 0 spiro atoms. The zero-order valence-corrected chi connectivity index (χ0v) is 14.8. The number of benzene rings is 1. The number of aliphatic hydroxyl groups is 1. The molecule has 0 saturated carbocycles. The van der Waals surface area contributed by atoms with Gasteiger partial charge in [0, 0.05) is 12.6 Å². The van der Waals surface area contributed by atoms with Crippen LogP contribution in [0.4, 0.5) is 5.69 Å². The van der Waals surface area contributed by atoms with E-state index in [2.05, 4.69) is 10.6 Å². The fourth-order valence-electron chi connectivity index (χ4n) is 2.11. The van der Waals surface area contributed by atoms with Crippen molar-refractivity contribution in [2.45, 2.75) is 12.5 Å². The zero-order valence-electron chi connectivity index (χ0n) is 13.9. The number of rotatable bonds is 7. The average molecular weight is 364 g/mol. The molecule has 1 aromatic heterocycles. The van der Waals surface area contributed by atoms with Crippen molar-refractivity contribution >= 4 is 28.8 Å². The molecule has 2 aromatic rings. The lowest BCUT2D eigenvalue weighted by atomic mass is 10.1. The number of carbonyl (C=O) groups excluding carboxylic acids is 2. The Hall–Kier alpha value is -2.58. The van der Waals surface area contributed by atoms with E-state index in [0.717, 1.165) is 5.56 Å². The Morgan fingerprint density at radius 3 is 2.64 bits per heavy atom. The molecule has 1 aromatic carbocycles. The summed E-state index contributed by atoms with van der Waals surface area (Å²) in [5, 5.41) is 18.6. The van der Waals surface area contributed by atoms with Crippen molar-refractivity contribution in [3.05, 3.63) is 40.6 Å². The topological polar surface area (TPSA) is 96.9 Å². The van der Waals surface area contributed by atoms with Gasteiger partial charge in [-0.15, -0.1) is 0 Å². The van der Waals surface area contributed by atoms with Gasteiger partial charge in [0.25, 0.3) is 0 Å². The van der Waals surface area contributed by atoms with Crippen LogP contribution in [0.5, 0.6) is 11.5 Å². The first-order valence-corrected chi connectivity index (χ1v) is 8.50. The molecule has 2 amide bonds. The molecule has 134 valence electrons. The Morgan fingerprint density at radius 2 is 2.00 bits per heavy atom. The second kappa shape index (κ2) is 9.05. The van der Waals surface area contributed by atoms with Gasteiger partial charge in [-0.05, 0) is 40.9 Å². The Kier molecular flexibility index (Phi) is 6.79. The van der Waals surface area contributed by atoms with Crippen LogP contribution in [0.15, 0.2) is 35.0 Å². The molecule has 1 unspecified atom stereocenters. The van der Waals surface area contributed by atoms with E-state index in [-0.39, 0.29) is 6.54 Å². The highest BCUT2D eigenvalue weighted by molar-refractivity contribution is 7.07. The van der Waals surface area contributed by atoms with E-state index in [1.165, 1.54) is 25.6 Å². The van der Waals surface area contributed by atoms with Gasteiger partial charge in [-0.1, -0.05) is 0 Å². The van der Waals surface area contributed by atoms with Crippen molar-refractivity contribution in [3.63, 3.8) is 0 Å². The summed E-state index contributed by atoms with van der Waals surface area (Å²) in [4.78, 5) is 23.8. The minimum Gasteiger partial charge on any atom is -0.497 e. The molecule has 1 atom stereocenters. The first kappa shape index (κ1) is 18.8. The molecular formula is C17H20N2O5S. The Bertz CT molecular complexity index is 718. The van der Waals surface area contributed by atoms with Crippen LogP contribution in [0.3, 0.4) is 0 Å². The first-order valence-electron chi connectivity index (χ1n) is 7.56. The number of methoxy groups -OCH3 is 2. The van der Waals surface area contributed by atoms with Gasteiger partial charge in [0.15, 0.2) is 0 Å². The van der Waals surface area contributed by atoms with E-state index in [9.17, 15) is 14.7 Å². The van der Waals surface area contributed by atoms with E-state index >= 15 is 0 Å². The van der Waals surface area contributed by atoms with Crippen LogP contribution in [-0.2, 0) is 9.59 Å². The molecule has 0 aliphatic carbocycles. The maximum absolute atomic E-state index is 12.0. The fraction of sp³-hybridized carbons (Fsp3) is 0.294. The lowest BCUT2D eigenvalue weighted by Crippen LogP contribution is -2.36. The van der Waals surface area contributed by atoms with Crippen LogP contribution in [-0.4, -0.2) is 37.7 Å². The molecule has 2 rings (SSSR count). The van der Waals surface area contributed by atoms with Gasteiger partial charge in [-0.25, -0.2) is 0 Å². The molecule has 0 aliphatic heterocycles. The number of anilines is 1. The molecule has 25 heavy (non-hydrogen) atoms.